The molecule has 1 rings (SSSR count). The van der Waals surface area contributed by atoms with E-state index < -0.39 is 42.0 Å². The summed E-state index contributed by atoms with van der Waals surface area (Å²) < 4.78 is 9.60. The van der Waals surface area contributed by atoms with Crippen molar-refractivity contribution in [1.82, 2.24) is 5.32 Å². The van der Waals surface area contributed by atoms with Gasteiger partial charge in [0, 0.05) is 5.69 Å². The monoisotopic (exact) mass is 366 g/mol. The Bertz CT molecular complexity index is 677. The number of benzene rings is 1. The highest BCUT2D eigenvalue weighted by atomic mass is 16.6. The Balaban J connectivity index is 2.81. The number of carbonyl (C=O) groups excluding carboxylic acids is 3. The Morgan fingerprint density at radius 2 is 1.69 bits per heavy atom. The second-order valence-electron chi connectivity index (χ2n) is 6.35. The van der Waals surface area contributed by atoms with Crippen LogP contribution in [-0.4, -0.2) is 47.8 Å². The third kappa shape index (κ3) is 7.20. The standard InChI is InChI=1S/C17H22N2O7/c1-17(2,3)26-16(24)19-12(9-13(20)21)14(22)18-11-7-5-10(6-8-11)15(23)25-4/h5-8,12H,9H2,1-4H3,(H,18,22)(H,19,24)(H,20,21)/t12-/m0/s1. The fourth-order valence-electron chi connectivity index (χ4n) is 1.87. The van der Waals surface area contributed by atoms with Crippen LogP contribution in [0.2, 0.25) is 0 Å². The molecule has 0 saturated heterocycles. The van der Waals surface area contributed by atoms with Gasteiger partial charge in [0.1, 0.15) is 11.6 Å². The van der Waals surface area contributed by atoms with Crippen LogP contribution in [0.5, 0.6) is 0 Å². The molecule has 0 aliphatic heterocycles. The van der Waals surface area contributed by atoms with Gasteiger partial charge in [0.2, 0.25) is 5.91 Å². The molecule has 142 valence electrons. The van der Waals surface area contributed by atoms with Crippen molar-refractivity contribution >= 4 is 29.6 Å². The quantitative estimate of drug-likeness (QED) is 0.654. The first-order valence-corrected chi connectivity index (χ1v) is 7.72. The van der Waals surface area contributed by atoms with E-state index >= 15 is 0 Å². The maximum atomic E-state index is 12.3. The molecule has 0 aliphatic carbocycles. The van der Waals surface area contributed by atoms with E-state index in [1.165, 1.54) is 31.4 Å². The average Bonchev–Trinajstić information content (AvgIpc) is 2.52. The van der Waals surface area contributed by atoms with E-state index in [4.69, 9.17) is 9.84 Å². The highest BCUT2D eigenvalue weighted by molar-refractivity contribution is 5.99. The van der Waals surface area contributed by atoms with Crippen LogP contribution in [0.15, 0.2) is 24.3 Å². The number of carbonyl (C=O) groups is 4. The van der Waals surface area contributed by atoms with Crippen molar-refractivity contribution in [2.75, 3.05) is 12.4 Å². The fraction of sp³-hybridized carbons (Fsp3) is 0.412. The van der Waals surface area contributed by atoms with E-state index in [1.807, 2.05) is 0 Å². The number of alkyl carbamates (subject to hydrolysis) is 1. The van der Waals surface area contributed by atoms with Gasteiger partial charge in [-0.2, -0.15) is 0 Å². The summed E-state index contributed by atoms with van der Waals surface area (Å²) in [6.45, 7) is 4.92. The maximum absolute atomic E-state index is 12.3. The maximum Gasteiger partial charge on any atom is 0.408 e. The zero-order valence-electron chi connectivity index (χ0n) is 15.0. The van der Waals surface area contributed by atoms with Crippen molar-refractivity contribution in [3.05, 3.63) is 29.8 Å². The van der Waals surface area contributed by atoms with Crippen molar-refractivity contribution < 1.29 is 33.8 Å². The van der Waals surface area contributed by atoms with Gasteiger partial charge < -0.3 is 25.2 Å². The first-order valence-electron chi connectivity index (χ1n) is 7.72. The molecule has 26 heavy (non-hydrogen) atoms. The normalized spacial score (nSPS) is 11.8. The fourth-order valence-corrected chi connectivity index (χ4v) is 1.87. The molecule has 0 unspecified atom stereocenters. The molecule has 9 nitrogen and oxygen atoms in total. The van der Waals surface area contributed by atoms with Crippen molar-refractivity contribution in [3.8, 4) is 0 Å². The largest absolute Gasteiger partial charge is 0.481 e. The van der Waals surface area contributed by atoms with Crippen LogP contribution in [0.3, 0.4) is 0 Å². The number of ether oxygens (including phenoxy) is 2. The van der Waals surface area contributed by atoms with Gasteiger partial charge in [0.15, 0.2) is 0 Å². The molecule has 0 saturated carbocycles. The van der Waals surface area contributed by atoms with Gasteiger partial charge in [-0.1, -0.05) is 0 Å². The van der Waals surface area contributed by atoms with Crippen LogP contribution in [0.25, 0.3) is 0 Å². The lowest BCUT2D eigenvalue weighted by molar-refractivity contribution is -0.139. The number of aliphatic carboxylic acids is 1. The molecule has 0 radical (unpaired) electrons. The molecule has 0 spiro atoms. The van der Waals surface area contributed by atoms with E-state index in [1.54, 1.807) is 20.8 Å². The molecule has 0 fully saturated rings. The summed E-state index contributed by atoms with van der Waals surface area (Å²) in [5.41, 5.74) is -0.179. The number of carboxylic acids is 1. The molecule has 0 bridgehead atoms. The molecule has 3 N–H and O–H groups in total. The molecule has 9 heteroatoms. The molecular formula is C17H22N2O7. The minimum Gasteiger partial charge on any atom is -0.481 e. The van der Waals surface area contributed by atoms with Gasteiger partial charge in [-0.15, -0.1) is 0 Å². The van der Waals surface area contributed by atoms with Gasteiger partial charge in [-0.25, -0.2) is 9.59 Å². The van der Waals surface area contributed by atoms with Crippen molar-refractivity contribution in [3.63, 3.8) is 0 Å². The predicted molar refractivity (Wildman–Crippen MR) is 91.8 cm³/mol. The number of hydrogen-bond donors (Lipinski definition) is 3. The number of hydrogen-bond acceptors (Lipinski definition) is 6. The van der Waals surface area contributed by atoms with E-state index in [0.717, 1.165) is 0 Å². The lowest BCUT2D eigenvalue weighted by Gasteiger charge is -2.22. The van der Waals surface area contributed by atoms with Gasteiger partial charge >= 0.3 is 18.0 Å². The summed E-state index contributed by atoms with van der Waals surface area (Å²) in [4.78, 5) is 46.4. The minimum absolute atomic E-state index is 0.291. The third-order valence-electron chi connectivity index (χ3n) is 2.96. The van der Waals surface area contributed by atoms with Gasteiger partial charge in [-0.3, -0.25) is 9.59 Å². The van der Waals surface area contributed by atoms with Crippen LogP contribution < -0.4 is 10.6 Å². The van der Waals surface area contributed by atoms with E-state index in [0.29, 0.717) is 11.3 Å². The highest BCUT2D eigenvalue weighted by Gasteiger charge is 2.26. The lowest BCUT2D eigenvalue weighted by Crippen LogP contribution is -2.46. The smallest absolute Gasteiger partial charge is 0.408 e. The Labute approximate surface area is 150 Å². The van der Waals surface area contributed by atoms with Gasteiger partial charge in [-0.05, 0) is 45.0 Å². The van der Waals surface area contributed by atoms with Gasteiger partial charge in [0.25, 0.3) is 0 Å². The Morgan fingerprint density at radius 1 is 1.12 bits per heavy atom. The highest BCUT2D eigenvalue weighted by Crippen LogP contribution is 2.12. The third-order valence-corrected chi connectivity index (χ3v) is 2.96. The second kappa shape index (κ2) is 8.84. The summed E-state index contributed by atoms with van der Waals surface area (Å²) in [5.74, 6) is -2.52. The number of carboxylic acid groups (broad SMARTS) is 1. The molecule has 2 amide bonds. The van der Waals surface area contributed by atoms with Crippen LogP contribution in [-0.2, 0) is 19.1 Å². The summed E-state index contributed by atoms with van der Waals surface area (Å²) in [7, 11) is 1.25. The minimum atomic E-state index is -1.33. The van der Waals surface area contributed by atoms with Crippen LogP contribution in [0, 0.1) is 0 Å². The van der Waals surface area contributed by atoms with Crippen LogP contribution in [0.4, 0.5) is 10.5 Å². The summed E-state index contributed by atoms with van der Waals surface area (Å²) in [5, 5.41) is 13.7. The Morgan fingerprint density at radius 3 is 2.15 bits per heavy atom. The van der Waals surface area contributed by atoms with E-state index in [-0.39, 0.29) is 0 Å². The van der Waals surface area contributed by atoms with Crippen LogP contribution >= 0.6 is 0 Å². The van der Waals surface area contributed by atoms with Crippen molar-refractivity contribution in [1.29, 1.82) is 0 Å². The zero-order chi connectivity index (χ0) is 19.9. The number of nitrogens with one attached hydrogen (secondary N) is 2. The first kappa shape index (κ1) is 20.9. The number of anilines is 1. The number of esters is 1. The molecule has 1 aromatic carbocycles. The SMILES string of the molecule is COC(=O)c1ccc(NC(=O)[C@H](CC(=O)O)NC(=O)OC(C)(C)C)cc1. The lowest BCUT2D eigenvalue weighted by atomic mass is 10.1. The number of amides is 2. The summed E-state index contributed by atoms with van der Waals surface area (Å²) >= 11 is 0. The summed E-state index contributed by atoms with van der Waals surface area (Å²) in [6.07, 6.45) is -1.52. The zero-order valence-corrected chi connectivity index (χ0v) is 15.0. The van der Waals surface area contributed by atoms with E-state index in [2.05, 4.69) is 15.4 Å². The second-order valence-corrected chi connectivity index (χ2v) is 6.35. The number of rotatable bonds is 6. The van der Waals surface area contributed by atoms with Crippen LogP contribution in [0.1, 0.15) is 37.6 Å². The van der Waals surface area contributed by atoms with Crippen molar-refractivity contribution in [2.45, 2.75) is 38.8 Å². The summed E-state index contributed by atoms with van der Waals surface area (Å²) in [6, 6.07) is 4.46. The molecule has 0 aliphatic rings. The first-order chi connectivity index (χ1) is 12.0. The number of methoxy groups -OCH3 is 1. The Kier molecular flexibility index (Phi) is 7.12. The molecular weight excluding hydrogens is 344 g/mol. The molecule has 1 aromatic rings. The molecule has 0 heterocycles. The molecule has 0 aromatic heterocycles. The predicted octanol–water partition coefficient (Wildman–Crippen LogP) is 1.78. The average molecular weight is 366 g/mol. The Hall–Kier alpha value is -3.10. The topological polar surface area (TPSA) is 131 Å². The van der Waals surface area contributed by atoms with E-state index in [9.17, 15) is 19.2 Å². The van der Waals surface area contributed by atoms with Crippen molar-refractivity contribution in [2.24, 2.45) is 0 Å². The van der Waals surface area contributed by atoms with Gasteiger partial charge in [0.05, 0.1) is 19.1 Å². The molecule has 1 atom stereocenters.